The van der Waals surface area contributed by atoms with Gasteiger partial charge in [0.15, 0.2) is 5.11 Å². The summed E-state index contributed by atoms with van der Waals surface area (Å²) in [5.74, 6) is -0.124. The quantitative estimate of drug-likeness (QED) is 0.602. The van der Waals surface area contributed by atoms with Crippen LogP contribution in [0, 0.1) is 0 Å². The van der Waals surface area contributed by atoms with Crippen molar-refractivity contribution in [3.05, 3.63) is 57.5 Å². The fourth-order valence-corrected chi connectivity index (χ4v) is 4.22. The minimum atomic E-state index is -0.304. The van der Waals surface area contributed by atoms with Crippen LogP contribution in [0.15, 0.2) is 46.9 Å². The van der Waals surface area contributed by atoms with Crippen LogP contribution in [0.3, 0.4) is 0 Å². The van der Waals surface area contributed by atoms with Gasteiger partial charge < -0.3 is 15.1 Å². The first-order chi connectivity index (χ1) is 14.4. The van der Waals surface area contributed by atoms with Gasteiger partial charge in [-0.3, -0.25) is 14.9 Å². The van der Waals surface area contributed by atoms with Crippen molar-refractivity contribution >= 4 is 68.1 Å². The lowest BCUT2D eigenvalue weighted by atomic mass is 10.2. The standard InChI is InChI=1S/C21H22BrClN4O2S/c1-2-19(28)27-11-9-26(10-12-27)18-8-7-14(13-17(18)23)24-21(30)25-20(29)15-5-3-4-6-16(15)22/h3-8,13H,2,9-12H2,1H3,(H2,24,25,29,30). The van der Waals surface area contributed by atoms with Crippen molar-refractivity contribution in [2.75, 3.05) is 36.4 Å². The van der Waals surface area contributed by atoms with Crippen molar-refractivity contribution in [1.29, 1.82) is 0 Å². The van der Waals surface area contributed by atoms with E-state index >= 15 is 0 Å². The molecule has 158 valence electrons. The maximum absolute atomic E-state index is 12.4. The van der Waals surface area contributed by atoms with E-state index in [-0.39, 0.29) is 16.9 Å². The van der Waals surface area contributed by atoms with Crippen LogP contribution in [0.4, 0.5) is 11.4 Å². The molecule has 0 spiro atoms. The van der Waals surface area contributed by atoms with Gasteiger partial charge in [-0.2, -0.15) is 0 Å². The minimum absolute atomic E-state index is 0.179. The van der Waals surface area contributed by atoms with Crippen molar-refractivity contribution in [2.24, 2.45) is 0 Å². The van der Waals surface area contributed by atoms with E-state index in [2.05, 4.69) is 31.5 Å². The van der Waals surface area contributed by atoms with Gasteiger partial charge in [-0.25, -0.2) is 0 Å². The predicted molar refractivity (Wildman–Crippen MR) is 128 cm³/mol. The molecule has 0 saturated carbocycles. The third-order valence-electron chi connectivity index (χ3n) is 4.83. The number of thiocarbonyl (C=S) groups is 1. The Balaban J connectivity index is 1.59. The molecule has 0 atom stereocenters. The zero-order valence-electron chi connectivity index (χ0n) is 16.5. The lowest BCUT2D eigenvalue weighted by Gasteiger charge is -2.36. The van der Waals surface area contributed by atoms with Gasteiger partial charge in [0.1, 0.15) is 0 Å². The van der Waals surface area contributed by atoms with E-state index in [0.29, 0.717) is 40.3 Å². The molecule has 0 aliphatic carbocycles. The molecule has 1 saturated heterocycles. The Bertz CT molecular complexity index is 964. The fourth-order valence-electron chi connectivity index (χ4n) is 3.24. The smallest absolute Gasteiger partial charge is 0.258 e. The summed E-state index contributed by atoms with van der Waals surface area (Å²) in [5.41, 5.74) is 2.09. The zero-order chi connectivity index (χ0) is 21.7. The number of benzene rings is 2. The Morgan fingerprint density at radius 1 is 1.13 bits per heavy atom. The van der Waals surface area contributed by atoms with Gasteiger partial charge in [0, 0.05) is 42.8 Å². The lowest BCUT2D eigenvalue weighted by Crippen LogP contribution is -2.48. The number of piperazine rings is 1. The molecule has 6 nitrogen and oxygen atoms in total. The average Bonchev–Trinajstić information content (AvgIpc) is 2.73. The molecule has 0 radical (unpaired) electrons. The number of carbonyl (C=O) groups is 2. The van der Waals surface area contributed by atoms with Crippen molar-refractivity contribution in [2.45, 2.75) is 13.3 Å². The molecule has 0 unspecified atom stereocenters. The van der Waals surface area contributed by atoms with Gasteiger partial charge >= 0.3 is 0 Å². The highest BCUT2D eigenvalue weighted by molar-refractivity contribution is 9.10. The van der Waals surface area contributed by atoms with Crippen LogP contribution in [0.25, 0.3) is 0 Å². The Morgan fingerprint density at radius 3 is 2.47 bits per heavy atom. The Morgan fingerprint density at radius 2 is 1.83 bits per heavy atom. The number of hydrogen-bond donors (Lipinski definition) is 2. The number of nitrogens with zero attached hydrogens (tertiary/aromatic N) is 2. The van der Waals surface area contributed by atoms with E-state index in [4.69, 9.17) is 23.8 Å². The molecule has 1 heterocycles. The van der Waals surface area contributed by atoms with Gasteiger partial charge in [0.2, 0.25) is 5.91 Å². The molecule has 0 bridgehead atoms. The summed E-state index contributed by atoms with van der Waals surface area (Å²) in [7, 11) is 0. The zero-order valence-corrected chi connectivity index (χ0v) is 19.6. The third-order valence-corrected chi connectivity index (χ3v) is 6.02. The van der Waals surface area contributed by atoms with Crippen LogP contribution < -0.4 is 15.5 Å². The molecule has 1 aliphatic heterocycles. The molecule has 1 aliphatic rings. The average molecular weight is 510 g/mol. The number of rotatable bonds is 4. The number of halogens is 2. The highest BCUT2D eigenvalue weighted by Gasteiger charge is 2.21. The van der Waals surface area contributed by atoms with Crippen LogP contribution >= 0.6 is 39.7 Å². The third kappa shape index (κ3) is 5.50. The van der Waals surface area contributed by atoms with Crippen molar-refractivity contribution in [3.63, 3.8) is 0 Å². The SMILES string of the molecule is CCC(=O)N1CCN(c2ccc(NC(=S)NC(=O)c3ccccc3Br)cc2Cl)CC1. The van der Waals surface area contributed by atoms with E-state index in [1.165, 1.54) is 0 Å². The van der Waals surface area contributed by atoms with Gasteiger partial charge in [0.25, 0.3) is 5.91 Å². The summed E-state index contributed by atoms with van der Waals surface area (Å²) >= 11 is 15.1. The number of carbonyl (C=O) groups excluding carboxylic acids is 2. The molecule has 2 N–H and O–H groups in total. The molecular weight excluding hydrogens is 488 g/mol. The number of anilines is 2. The second-order valence-electron chi connectivity index (χ2n) is 6.78. The first-order valence-electron chi connectivity index (χ1n) is 9.58. The first kappa shape index (κ1) is 22.5. The van der Waals surface area contributed by atoms with Gasteiger partial charge in [-0.15, -0.1) is 0 Å². The van der Waals surface area contributed by atoms with E-state index in [0.717, 1.165) is 18.8 Å². The number of hydrogen-bond acceptors (Lipinski definition) is 4. The van der Waals surface area contributed by atoms with Crippen LogP contribution in [-0.2, 0) is 4.79 Å². The van der Waals surface area contributed by atoms with Gasteiger partial charge in [-0.05, 0) is 58.5 Å². The Labute approximate surface area is 194 Å². The highest BCUT2D eigenvalue weighted by Crippen LogP contribution is 2.29. The molecule has 3 rings (SSSR count). The molecule has 2 aromatic carbocycles. The largest absolute Gasteiger partial charge is 0.367 e. The van der Waals surface area contributed by atoms with Crippen molar-refractivity contribution in [3.8, 4) is 0 Å². The van der Waals surface area contributed by atoms with Crippen molar-refractivity contribution < 1.29 is 9.59 Å². The van der Waals surface area contributed by atoms with E-state index < -0.39 is 0 Å². The summed E-state index contributed by atoms with van der Waals surface area (Å²) in [6.07, 6.45) is 0.527. The Hall–Kier alpha value is -2.16. The van der Waals surface area contributed by atoms with Crippen molar-refractivity contribution in [1.82, 2.24) is 10.2 Å². The predicted octanol–water partition coefficient (Wildman–Crippen LogP) is 4.29. The number of amides is 2. The van der Waals surface area contributed by atoms with E-state index in [1.54, 1.807) is 24.3 Å². The molecule has 1 fully saturated rings. The topological polar surface area (TPSA) is 64.7 Å². The maximum atomic E-state index is 12.4. The second-order valence-corrected chi connectivity index (χ2v) is 8.45. The number of nitrogens with one attached hydrogen (secondary N) is 2. The molecule has 9 heteroatoms. The highest BCUT2D eigenvalue weighted by atomic mass is 79.9. The summed E-state index contributed by atoms with van der Waals surface area (Å²) < 4.78 is 0.693. The van der Waals surface area contributed by atoms with Crippen LogP contribution in [0.1, 0.15) is 23.7 Å². The maximum Gasteiger partial charge on any atom is 0.258 e. The second kappa shape index (κ2) is 10.2. The summed E-state index contributed by atoms with van der Waals surface area (Å²) in [5, 5.41) is 6.42. The first-order valence-corrected chi connectivity index (χ1v) is 11.2. The van der Waals surface area contributed by atoms with Crippen LogP contribution in [-0.4, -0.2) is 48.0 Å². The minimum Gasteiger partial charge on any atom is -0.367 e. The normalized spacial score (nSPS) is 13.7. The molecular formula is C21H22BrClN4O2S. The molecule has 0 aromatic heterocycles. The van der Waals surface area contributed by atoms with Gasteiger partial charge in [0.05, 0.1) is 16.3 Å². The Kier molecular flexibility index (Phi) is 7.69. The van der Waals surface area contributed by atoms with Crippen LogP contribution in [0.5, 0.6) is 0 Å². The summed E-state index contributed by atoms with van der Waals surface area (Å²) in [4.78, 5) is 28.2. The molecule has 2 amide bonds. The molecule has 30 heavy (non-hydrogen) atoms. The monoisotopic (exact) mass is 508 g/mol. The molecule has 2 aromatic rings. The van der Waals surface area contributed by atoms with E-state index in [1.807, 2.05) is 30.0 Å². The lowest BCUT2D eigenvalue weighted by molar-refractivity contribution is -0.131. The summed E-state index contributed by atoms with van der Waals surface area (Å²) in [6, 6.07) is 12.7. The summed E-state index contributed by atoms with van der Waals surface area (Å²) in [6.45, 7) is 4.72. The van der Waals surface area contributed by atoms with Gasteiger partial charge in [-0.1, -0.05) is 30.7 Å². The van der Waals surface area contributed by atoms with E-state index in [9.17, 15) is 9.59 Å². The fraction of sp³-hybridized carbons (Fsp3) is 0.286. The van der Waals surface area contributed by atoms with Crippen LogP contribution in [0.2, 0.25) is 5.02 Å².